The van der Waals surface area contributed by atoms with Crippen molar-refractivity contribution < 1.29 is 0 Å². The fourth-order valence-electron chi connectivity index (χ4n) is 3.82. The Labute approximate surface area is 186 Å². The SMILES string of the molecule is CC(NCCN(CCNC(C)c1ccc[nH]1)CCNC(C)c1ccc[nH]1)c1ccc[nH]1. The fraction of sp³-hybridized carbons (Fsp3) is 0.500. The van der Waals surface area contributed by atoms with Crippen molar-refractivity contribution in [1.82, 2.24) is 35.8 Å². The van der Waals surface area contributed by atoms with E-state index in [0.717, 1.165) is 39.3 Å². The van der Waals surface area contributed by atoms with Crippen LogP contribution in [0.2, 0.25) is 0 Å². The second-order valence-corrected chi connectivity index (χ2v) is 8.25. The van der Waals surface area contributed by atoms with Crippen LogP contribution in [0.4, 0.5) is 0 Å². The molecule has 0 saturated heterocycles. The van der Waals surface area contributed by atoms with Crippen LogP contribution in [0.25, 0.3) is 0 Å². The third-order valence-electron chi connectivity index (χ3n) is 5.90. The molecule has 0 aromatic carbocycles. The summed E-state index contributed by atoms with van der Waals surface area (Å²) in [5, 5.41) is 10.9. The van der Waals surface area contributed by atoms with Crippen LogP contribution in [0, 0.1) is 0 Å². The van der Waals surface area contributed by atoms with Crippen molar-refractivity contribution in [1.29, 1.82) is 0 Å². The zero-order chi connectivity index (χ0) is 21.9. The summed E-state index contributed by atoms with van der Waals surface area (Å²) in [6.07, 6.45) is 5.94. The number of nitrogens with one attached hydrogen (secondary N) is 6. The van der Waals surface area contributed by atoms with Crippen LogP contribution in [0.3, 0.4) is 0 Å². The third kappa shape index (κ3) is 7.70. The van der Waals surface area contributed by atoms with Crippen molar-refractivity contribution in [2.45, 2.75) is 38.9 Å². The molecule has 0 radical (unpaired) electrons. The Kier molecular flexibility index (Phi) is 9.42. The van der Waals surface area contributed by atoms with Gasteiger partial charge in [-0.25, -0.2) is 0 Å². The Morgan fingerprint density at radius 1 is 0.613 bits per heavy atom. The number of aromatic amines is 3. The monoisotopic (exact) mass is 425 g/mol. The molecule has 0 fully saturated rings. The van der Waals surface area contributed by atoms with Gasteiger partial charge in [0.05, 0.1) is 0 Å². The van der Waals surface area contributed by atoms with Gasteiger partial charge in [0.25, 0.3) is 0 Å². The first kappa shape index (κ1) is 23.3. The van der Waals surface area contributed by atoms with Gasteiger partial charge < -0.3 is 30.9 Å². The molecule has 31 heavy (non-hydrogen) atoms. The minimum absolute atomic E-state index is 0.328. The standard InChI is InChI=1S/C24H39N7/c1-19(22-7-4-10-28-22)25-13-16-31(17-14-26-20(2)23-8-5-11-29-23)18-15-27-21(3)24-9-6-12-30-24/h4-12,19-21,25-30H,13-18H2,1-3H3. The molecule has 3 aromatic rings. The van der Waals surface area contributed by atoms with Crippen LogP contribution >= 0.6 is 0 Å². The van der Waals surface area contributed by atoms with Crippen LogP contribution in [0.1, 0.15) is 56.0 Å². The van der Waals surface area contributed by atoms with E-state index in [-0.39, 0.29) is 0 Å². The van der Waals surface area contributed by atoms with Crippen molar-refractivity contribution in [3.63, 3.8) is 0 Å². The number of hydrogen-bond donors (Lipinski definition) is 6. The summed E-state index contributed by atoms with van der Waals surface area (Å²) in [7, 11) is 0. The van der Waals surface area contributed by atoms with Crippen LogP contribution in [-0.4, -0.2) is 59.1 Å². The summed E-state index contributed by atoms with van der Waals surface area (Å²) in [5.41, 5.74) is 3.69. The summed E-state index contributed by atoms with van der Waals surface area (Å²) in [6.45, 7) is 12.5. The highest BCUT2D eigenvalue weighted by Gasteiger charge is 2.11. The first-order chi connectivity index (χ1) is 15.1. The molecule has 7 heteroatoms. The minimum Gasteiger partial charge on any atom is -0.364 e. The molecule has 0 saturated carbocycles. The molecule has 3 atom stereocenters. The smallest absolute Gasteiger partial charge is 0.0444 e. The van der Waals surface area contributed by atoms with E-state index in [4.69, 9.17) is 0 Å². The molecule has 7 nitrogen and oxygen atoms in total. The average molecular weight is 426 g/mol. The molecule has 3 unspecified atom stereocenters. The van der Waals surface area contributed by atoms with Gasteiger partial charge in [-0.3, -0.25) is 4.90 Å². The van der Waals surface area contributed by atoms with Crippen molar-refractivity contribution in [3.8, 4) is 0 Å². The highest BCUT2D eigenvalue weighted by atomic mass is 15.2. The molecular formula is C24H39N7. The zero-order valence-electron chi connectivity index (χ0n) is 19.1. The summed E-state index contributed by atoms with van der Waals surface area (Å²) in [5.74, 6) is 0. The van der Waals surface area contributed by atoms with Gasteiger partial charge in [-0.2, -0.15) is 0 Å². The Hall–Kier alpha value is -2.32. The molecule has 170 valence electrons. The Balaban J connectivity index is 1.42. The summed E-state index contributed by atoms with van der Waals surface area (Å²) in [6, 6.07) is 13.5. The lowest BCUT2D eigenvalue weighted by Gasteiger charge is -2.25. The first-order valence-electron chi connectivity index (χ1n) is 11.5. The van der Waals surface area contributed by atoms with Gasteiger partial charge >= 0.3 is 0 Å². The summed E-state index contributed by atoms with van der Waals surface area (Å²) in [4.78, 5) is 12.4. The van der Waals surface area contributed by atoms with Crippen LogP contribution in [-0.2, 0) is 0 Å². The van der Waals surface area contributed by atoms with Crippen molar-refractivity contribution in [2.24, 2.45) is 0 Å². The predicted molar refractivity (Wildman–Crippen MR) is 128 cm³/mol. The maximum Gasteiger partial charge on any atom is 0.0444 e. The number of aromatic nitrogens is 3. The lowest BCUT2D eigenvalue weighted by atomic mass is 10.2. The molecule has 0 amide bonds. The summed E-state index contributed by atoms with van der Waals surface area (Å²) < 4.78 is 0. The molecule has 0 spiro atoms. The Morgan fingerprint density at radius 2 is 0.935 bits per heavy atom. The number of rotatable bonds is 15. The zero-order valence-corrected chi connectivity index (χ0v) is 19.1. The molecule has 0 aliphatic heterocycles. The molecule has 0 aliphatic rings. The van der Waals surface area contributed by atoms with Gasteiger partial charge in [0.1, 0.15) is 0 Å². The van der Waals surface area contributed by atoms with Crippen LogP contribution in [0.15, 0.2) is 55.0 Å². The quantitative estimate of drug-likeness (QED) is 0.226. The molecule has 3 aromatic heterocycles. The van der Waals surface area contributed by atoms with Gasteiger partial charge in [-0.15, -0.1) is 0 Å². The molecule has 0 bridgehead atoms. The second kappa shape index (κ2) is 12.5. The van der Waals surface area contributed by atoms with Crippen molar-refractivity contribution in [2.75, 3.05) is 39.3 Å². The molecule has 0 aliphatic carbocycles. The van der Waals surface area contributed by atoms with E-state index in [1.165, 1.54) is 17.1 Å². The van der Waals surface area contributed by atoms with E-state index in [0.29, 0.717) is 18.1 Å². The van der Waals surface area contributed by atoms with E-state index in [2.05, 4.69) is 74.8 Å². The lowest BCUT2D eigenvalue weighted by molar-refractivity contribution is 0.262. The molecule has 3 heterocycles. The molecular weight excluding hydrogens is 386 g/mol. The highest BCUT2D eigenvalue weighted by molar-refractivity contribution is 5.09. The van der Waals surface area contributed by atoms with Gasteiger partial charge in [0.15, 0.2) is 0 Å². The van der Waals surface area contributed by atoms with E-state index < -0.39 is 0 Å². The highest BCUT2D eigenvalue weighted by Crippen LogP contribution is 2.10. The third-order valence-corrected chi connectivity index (χ3v) is 5.90. The average Bonchev–Trinajstić information content (AvgIpc) is 3.55. The lowest BCUT2D eigenvalue weighted by Crippen LogP contribution is -2.41. The second-order valence-electron chi connectivity index (χ2n) is 8.25. The van der Waals surface area contributed by atoms with Gasteiger partial charge in [0, 0.05) is 93.1 Å². The van der Waals surface area contributed by atoms with Crippen LogP contribution < -0.4 is 16.0 Å². The van der Waals surface area contributed by atoms with E-state index in [9.17, 15) is 0 Å². The number of nitrogens with zero attached hydrogens (tertiary/aromatic N) is 1. The normalized spacial score (nSPS) is 14.7. The Morgan fingerprint density at radius 3 is 1.19 bits per heavy atom. The number of H-pyrrole nitrogens is 3. The van der Waals surface area contributed by atoms with E-state index >= 15 is 0 Å². The largest absolute Gasteiger partial charge is 0.364 e. The van der Waals surface area contributed by atoms with E-state index in [1.54, 1.807) is 0 Å². The van der Waals surface area contributed by atoms with Gasteiger partial charge in [-0.1, -0.05) is 0 Å². The van der Waals surface area contributed by atoms with Gasteiger partial charge in [0.2, 0.25) is 0 Å². The van der Waals surface area contributed by atoms with E-state index in [1.807, 2.05) is 36.8 Å². The maximum absolute atomic E-state index is 3.63. The van der Waals surface area contributed by atoms with Crippen molar-refractivity contribution >= 4 is 0 Å². The number of hydrogen-bond acceptors (Lipinski definition) is 4. The first-order valence-corrected chi connectivity index (χ1v) is 11.5. The summed E-state index contributed by atoms with van der Waals surface area (Å²) >= 11 is 0. The topological polar surface area (TPSA) is 86.7 Å². The minimum atomic E-state index is 0.328. The molecule has 3 rings (SSSR count). The van der Waals surface area contributed by atoms with Crippen LogP contribution in [0.5, 0.6) is 0 Å². The van der Waals surface area contributed by atoms with Gasteiger partial charge in [-0.05, 0) is 57.2 Å². The molecule has 6 N–H and O–H groups in total. The Bertz CT molecular complexity index is 685. The predicted octanol–water partition coefficient (Wildman–Crippen LogP) is 3.33. The maximum atomic E-state index is 3.63. The fourth-order valence-corrected chi connectivity index (χ4v) is 3.82. The van der Waals surface area contributed by atoms with Crippen molar-refractivity contribution in [3.05, 3.63) is 72.1 Å².